The van der Waals surface area contributed by atoms with E-state index in [1.54, 1.807) is 30.4 Å². The number of fused-ring (bicyclic) bond motifs is 1. The molecule has 0 aromatic heterocycles. The van der Waals surface area contributed by atoms with Crippen molar-refractivity contribution in [1.29, 1.82) is 0 Å². The predicted molar refractivity (Wildman–Crippen MR) is 128 cm³/mol. The fraction of sp³-hybridized carbons (Fsp3) is 0.480. The van der Waals surface area contributed by atoms with Crippen molar-refractivity contribution in [2.45, 2.75) is 56.4 Å². The minimum Gasteiger partial charge on any atom is -0.454 e. The van der Waals surface area contributed by atoms with E-state index in [0.29, 0.717) is 30.0 Å². The van der Waals surface area contributed by atoms with Crippen LogP contribution in [0.15, 0.2) is 43.5 Å². The summed E-state index contributed by atoms with van der Waals surface area (Å²) >= 11 is 0. The highest BCUT2D eigenvalue weighted by Crippen LogP contribution is 2.35. The molecular formula is C25H31NO11. The van der Waals surface area contributed by atoms with Crippen molar-refractivity contribution in [2.75, 3.05) is 25.8 Å². The van der Waals surface area contributed by atoms with Crippen molar-refractivity contribution in [3.63, 3.8) is 0 Å². The van der Waals surface area contributed by atoms with E-state index in [2.05, 4.69) is 18.5 Å². The van der Waals surface area contributed by atoms with Gasteiger partial charge < -0.3 is 38.3 Å². The maximum atomic E-state index is 12.8. The molecule has 2 aliphatic heterocycles. The van der Waals surface area contributed by atoms with Crippen LogP contribution < -0.4 is 14.8 Å². The summed E-state index contributed by atoms with van der Waals surface area (Å²) in [6.07, 6.45) is -3.53. The number of carbonyl (C=O) groups excluding carboxylic acids is 3. The smallest absolute Gasteiger partial charge is 0.412 e. The first kappa shape index (κ1) is 28.0. The first-order chi connectivity index (χ1) is 17.9. The fourth-order valence-corrected chi connectivity index (χ4v) is 3.72. The van der Waals surface area contributed by atoms with Gasteiger partial charge in [0, 0.05) is 31.7 Å². The molecule has 2 aliphatic rings. The number of hydrogen-bond donors (Lipinski definition) is 2. The van der Waals surface area contributed by atoms with Crippen molar-refractivity contribution in [3.8, 4) is 11.5 Å². The average Bonchev–Trinajstić information content (AvgIpc) is 3.36. The van der Waals surface area contributed by atoms with Crippen LogP contribution in [0.1, 0.15) is 25.7 Å². The van der Waals surface area contributed by atoms with Crippen LogP contribution in [0, 0.1) is 0 Å². The zero-order valence-corrected chi connectivity index (χ0v) is 20.5. The monoisotopic (exact) mass is 521 g/mol. The summed E-state index contributed by atoms with van der Waals surface area (Å²) < 4.78 is 38.2. The van der Waals surface area contributed by atoms with Gasteiger partial charge in [-0.1, -0.05) is 12.2 Å². The summed E-state index contributed by atoms with van der Waals surface area (Å²) in [5.74, 6) is -0.322. The van der Waals surface area contributed by atoms with E-state index in [4.69, 9.17) is 33.2 Å². The van der Waals surface area contributed by atoms with Crippen molar-refractivity contribution in [1.82, 2.24) is 0 Å². The SMILES string of the molecule is C=CCCC(=O)O[C@H]1[C@@H](OC(=O)Nc2ccc3c(c2)OCO3)[C@@H](CO)O[C@H](OC)[C@@H]1OC(=O)CCC=C. The highest BCUT2D eigenvalue weighted by Gasteiger charge is 2.52. The maximum absolute atomic E-state index is 12.8. The number of esters is 2. The molecule has 12 nitrogen and oxygen atoms in total. The lowest BCUT2D eigenvalue weighted by molar-refractivity contribution is -0.299. The molecule has 0 bridgehead atoms. The molecule has 1 saturated heterocycles. The molecule has 0 unspecified atom stereocenters. The molecule has 12 heteroatoms. The molecular weight excluding hydrogens is 490 g/mol. The van der Waals surface area contributed by atoms with Gasteiger partial charge in [0.2, 0.25) is 6.79 Å². The van der Waals surface area contributed by atoms with Gasteiger partial charge in [-0.3, -0.25) is 14.9 Å². The first-order valence-electron chi connectivity index (χ1n) is 11.7. The lowest BCUT2D eigenvalue weighted by Crippen LogP contribution is -2.62. The van der Waals surface area contributed by atoms with Gasteiger partial charge in [0.25, 0.3) is 0 Å². The van der Waals surface area contributed by atoms with Crippen LogP contribution in [-0.4, -0.2) is 74.4 Å². The Kier molecular flexibility index (Phi) is 10.3. The molecule has 2 N–H and O–H groups in total. The third-order valence-corrected chi connectivity index (χ3v) is 5.51. The number of aliphatic hydroxyl groups excluding tert-OH is 1. The second kappa shape index (κ2) is 13.6. The van der Waals surface area contributed by atoms with E-state index in [9.17, 15) is 19.5 Å². The number of aliphatic hydroxyl groups is 1. The van der Waals surface area contributed by atoms with Crippen LogP contribution in [0.5, 0.6) is 11.5 Å². The van der Waals surface area contributed by atoms with E-state index in [1.165, 1.54) is 7.11 Å². The second-order valence-electron chi connectivity index (χ2n) is 8.09. The Bertz CT molecular complexity index is 981. The lowest BCUT2D eigenvalue weighted by Gasteiger charge is -2.43. The molecule has 1 amide bonds. The lowest BCUT2D eigenvalue weighted by atomic mass is 9.98. The topological polar surface area (TPSA) is 148 Å². The van der Waals surface area contributed by atoms with Crippen LogP contribution in [0.25, 0.3) is 0 Å². The van der Waals surface area contributed by atoms with E-state index in [-0.39, 0.29) is 19.6 Å². The number of anilines is 1. The van der Waals surface area contributed by atoms with Gasteiger partial charge in [0.1, 0.15) is 6.10 Å². The van der Waals surface area contributed by atoms with Crippen LogP contribution in [-0.2, 0) is 33.3 Å². The molecule has 2 heterocycles. The number of allylic oxidation sites excluding steroid dienone is 2. The minimum atomic E-state index is -1.35. The van der Waals surface area contributed by atoms with E-state index in [1.807, 2.05) is 0 Å². The van der Waals surface area contributed by atoms with Gasteiger partial charge in [-0.05, 0) is 25.0 Å². The molecule has 202 valence electrons. The number of hydrogen-bond acceptors (Lipinski definition) is 11. The molecule has 5 atom stereocenters. The summed E-state index contributed by atoms with van der Waals surface area (Å²) in [5, 5.41) is 12.5. The fourth-order valence-electron chi connectivity index (χ4n) is 3.72. The molecule has 1 aromatic carbocycles. The number of nitrogens with one attached hydrogen (secondary N) is 1. The predicted octanol–water partition coefficient (Wildman–Crippen LogP) is 2.45. The molecule has 0 saturated carbocycles. The highest BCUT2D eigenvalue weighted by molar-refractivity contribution is 5.85. The van der Waals surface area contributed by atoms with Crippen molar-refractivity contribution in [3.05, 3.63) is 43.5 Å². The third kappa shape index (κ3) is 7.44. The number of benzene rings is 1. The van der Waals surface area contributed by atoms with Gasteiger partial charge in [-0.15, -0.1) is 13.2 Å². The Morgan fingerprint density at radius 1 is 1.00 bits per heavy atom. The van der Waals surface area contributed by atoms with E-state index >= 15 is 0 Å². The first-order valence-corrected chi connectivity index (χ1v) is 11.7. The maximum Gasteiger partial charge on any atom is 0.412 e. The summed E-state index contributed by atoms with van der Waals surface area (Å²) in [4.78, 5) is 37.8. The van der Waals surface area contributed by atoms with Gasteiger partial charge >= 0.3 is 18.0 Å². The number of amides is 1. The Balaban J connectivity index is 1.82. The summed E-state index contributed by atoms with van der Waals surface area (Å²) in [5.41, 5.74) is 0.341. The molecule has 37 heavy (non-hydrogen) atoms. The number of rotatable bonds is 12. The Labute approximate surface area is 214 Å². The normalized spacial score (nSPS) is 24.0. The van der Waals surface area contributed by atoms with Crippen LogP contribution in [0.3, 0.4) is 0 Å². The number of ether oxygens (including phenoxy) is 7. The zero-order valence-electron chi connectivity index (χ0n) is 20.5. The molecule has 1 fully saturated rings. The Morgan fingerprint density at radius 3 is 2.27 bits per heavy atom. The van der Waals surface area contributed by atoms with Gasteiger partial charge in [-0.2, -0.15) is 0 Å². The van der Waals surface area contributed by atoms with Gasteiger partial charge in [0.15, 0.2) is 36.1 Å². The van der Waals surface area contributed by atoms with Crippen molar-refractivity contribution in [2.24, 2.45) is 0 Å². The minimum absolute atomic E-state index is 0.00706. The molecule has 3 rings (SSSR count). The van der Waals surface area contributed by atoms with E-state index in [0.717, 1.165) is 0 Å². The summed E-state index contributed by atoms with van der Waals surface area (Å²) in [6.45, 7) is 6.60. The van der Waals surface area contributed by atoms with Crippen molar-refractivity contribution >= 4 is 23.7 Å². The van der Waals surface area contributed by atoms with Gasteiger partial charge in [0.05, 0.1) is 6.61 Å². The zero-order chi connectivity index (χ0) is 26.8. The molecule has 0 aliphatic carbocycles. The largest absolute Gasteiger partial charge is 0.454 e. The Morgan fingerprint density at radius 2 is 1.65 bits per heavy atom. The summed E-state index contributed by atoms with van der Waals surface area (Å²) in [7, 11) is 1.30. The molecule has 0 spiro atoms. The number of carbonyl (C=O) groups is 3. The molecule has 0 radical (unpaired) electrons. The van der Waals surface area contributed by atoms with Crippen LogP contribution in [0.2, 0.25) is 0 Å². The third-order valence-electron chi connectivity index (χ3n) is 5.51. The average molecular weight is 522 g/mol. The van der Waals surface area contributed by atoms with E-state index < -0.39 is 55.3 Å². The summed E-state index contributed by atoms with van der Waals surface area (Å²) in [6, 6.07) is 4.74. The highest BCUT2D eigenvalue weighted by atomic mass is 16.7. The standard InChI is InChI=1S/C25H31NO11/c1-4-6-8-19(28)35-22-21(37-25(30)26-15-10-11-16-17(12-15)33-14-32-16)18(13-27)34-24(31-3)23(22)36-20(29)9-7-5-2/h4-5,10-12,18,21-24,27H,1-2,6-9,13-14H2,3H3,(H,26,30)/t18-,21+,22+,23-,24+/m1/s1. The number of methoxy groups -OCH3 is 1. The van der Waals surface area contributed by atoms with Crippen LogP contribution in [0.4, 0.5) is 10.5 Å². The van der Waals surface area contributed by atoms with Gasteiger partial charge in [-0.25, -0.2) is 4.79 Å². The van der Waals surface area contributed by atoms with Crippen LogP contribution >= 0.6 is 0 Å². The quantitative estimate of drug-likeness (QED) is 0.237. The Hall–Kier alpha value is -3.61. The second-order valence-corrected chi connectivity index (χ2v) is 8.09. The van der Waals surface area contributed by atoms with Crippen molar-refractivity contribution < 1.29 is 52.6 Å². The molecule has 1 aromatic rings.